The molecule has 2 aliphatic carbocycles. The summed E-state index contributed by atoms with van der Waals surface area (Å²) in [6.07, 6.45) is 4.16. The van der Waals surface area contributed by atoms with Crippen molar-refractivity contribution in [3.8, 4) is 17.6 Å². The van der Waals surface area contributed by atoms with E-state index < -0.39 is 29.7 Å². The lowest BCUT2D eigenvalue weighted by atomic mass is 9.49. The molecule has 61 heavy (non-hydrogen) atoms. The minimum absolute atomic E-state index is 0.0209. The van der Waals surface area contributed by atoms with Crippen LogP contribution >= 0.6 is 11.6 Å². The highest BCUT2D eigenvalue weighted by Crippen LogP contribution is 2.59. The molecule has 2 saturated heterocycles. The number of piperazine rings is 1. The normalized spacial score (nSPS) is 26.8. The van der Waals surface area contributed by atoms with E-state index >= 15 is 0 Å². The van der Waals surface area contributed by atoms with Crippen molar-refractivity contribution in [2.24, 2.45) is 16.7 Å². The molecule has 4 fully saturated rings. The summed E-state index contributed by atoms with van der Waals surface area (Å²) in [4.78, 5) is 80.5. The monoisotopic (exact) mass is 841 g/mol. The molecule has 3 aromatic rings. The third-order valence-corrected chi connectivity index (χ3v) is 14.2. The molecule has 1 unspecified atom stereocenters. The van der Waals surface area contributed by atoms with Crippen molar-refractivity contribution in [3.63, 3.8) is 0 Å². The molecular weight excluding hydrogens is 794 g/mol. The van der Waals surface area contributed by atoms with Crippen molar-refractivity contribution >= 4 is 52.5 Å². The summed E-state index contributed by atoms with van der Waals surface area (Å²) in [5.41, 5.74) is 3.19. The molecule has 14 heteroatoms. The summed E-state index contributed by atoms with van der Waals surface area (Å²) in [7, 11) is 0. The topological polar surface area (TPSA) is 137 Å². The fourth-order valence-electron chi connectivity index (χ4n) is 11.2. The molecule has 0 bridgehead atoms. The molecule has 6 aliphatic rings. The lowest BCUT2D eigenvalue weighted by Gasteiger charge is -2.65. The van der Waals surface area contributed by atoms with E-state index in [2.05, 4.69) is 59.5 Å². The molecule has 1 atom stereocenters. The van der Waals surface area contributed by atoms with Crippen LogP contribution in [0.3, 0.4) is 0 Å². The molecular formula is C47H48ClN7O6. The third-order valence-electron chi connectivity index (χ3n) is 13.9. The second-order valence-corrected chi connectivity index (χ2v) is 18.8. The van der Waals surface area contributed by atoms with Crippen molar-refractivity contribution in [2.45, 2.75) is 97.0 Å². The number of aromatic nitrogens is 1. The maximum Gasteiger partial charge on any atom is 0.262 e. The number of amides is 5. The van der Waals surface area contributed by atoms with Gasteiger partial charge in [-0.1, -0.05) is 51.3 Å². The van der Waals surface area contributed by atoms with Gasteiger partial charge in [-0.2, -0.15) is 0 Å². The Morgan fingerprint density at radius 2 is 1.54 bits per heavy atom. The van der Waals surface area contributed by atoms with Gasteiger partial charge < -0.3 is 14.5 Å². The maximum absolute atomic E-state index is 13.8. The number of anilines is 1. The summed E-state index contributed by atoms with van der Waals surface area (Å²) in [6, 6.07) is 13.6. The van der Waals surface area contributed by atoms with Crippen LogP contribution < -0.4 is 15.0 Å². The number of piperidine rings is 1. The Morgan fingerprint density at radius 1 is 0.836 bits per heavy atom. The molecule has 1 aromatic heterocycles. The van der Waals surface area contributed by atoms with Crippen LogP contribution in [0.5, 0.6) is 5.75 Å². The second kappa shape index (κ2) is 15.3. The van der Waals surface area contributed by atoms with Crippen molar-refractivity contribution in [3.05, 3.63) is 93.0 Å². The zero-order chi connectivity index (χ0) is 43.0. The van der Waals surface area contributed by atoms with E-state index in [1.165, 1.54) is 0 Å². The van der Waals surface area contributed by atoms with E-state index in [1.807, 2.05) is 23.1 Å². The first-order valence-corrected chi connectivity index (χ1v) is 21.5. The van der Waals surface area contributed by atoms with Crippen molar-refractivity contribution in [2.75, 3.05) is 31.1 Å². The number of hydrogen-bond donors (Lipinski definition) is 1. The molecule has 2 saturated carbocycles. The van der Waals surface area contributed by atoms with E-state index in [4.69, 9.17) is 27.9 Å². The summed E-state index contributed by atoms with van der Waals surface area (Å²) in [5, 5.41) is 2.60. The summed E-state index contributed by atoms with van der Waals surface area (Å²) in [5.74, 6) is 5.70. The molecule has 4 aliphatic heterocycles. The average molecular weight is 842 g/mol. The lowest BCUT2D eigenvalue weighted by molar-refractivity contribution is -0.199. The highest BCUT2D eigenvalue weighted by Gasteiger charge is 2.67. The molecule has 314 valence electrons. The van der Waals surface area contributed by atoms with Crippen LogP contribution in [0.2, 0.25) is 5.02 Å². The number of imide groups is 2. The first kappa shape index (κ1) is 40.6. The number of nitrogens with one attached hydrogen (secondary N) is 1. The number of fused-ring (bicyclic) bond motifs is 2. The van der Waals surface area contributed by atoms with Crippen LogP contribution in [0, 0.1) is 35.2 Å². The van der Waals surface area contributed by atoms with Crippen LogP contribution in [-0.2, 0) is 16.1 Å². The van der Waals surface area contributed by atoms with Gasteiger partial charge in [0.15, 0.2) is 0 Å². The highest BCUT2D eigenvalue weighted by atomic mass is 35.5. The number of rotatable bonds is 6. The van der Waals surface area contributed by atoms with Crippen molar-refractivity contribution in [1.82, 2.24) is 25.0 Å². The molecule has 5 heterocycles. The Hall–Kier alpha value is -5.76. The van der Waals surface area contributed by atoms with Gasteiger partial charge >= 0.3 is 0 Å². The van der Waals surface area contributed by atoms with Gasteiger partial charge in [-0.05, 0) is 80.5 Å². The lowest BCUT2D eigenvalue weighted by Crippen LogP contribution is -2.74. The zero-order valence-electron chi connectivity index (χ0n) is 34.8. The van der Waals surface area contributed by atoms with Gasteiger partial charge in [-0.15, -0.1) is 0 Å². The van der Waals surface area contributed by atoms with Crippen LogP contribution in [0.25, 0.3) is 4.85 Å². The standard InChI is InChI=1S/C47H48ClN7O6/c1-46(2)44(47(3,4)45(46)61-31-14-17-36(49-5)35(48)25-31)54-26-37-33(41(54)58)15-10-28(50-37)9-6-27-7-11-29(12-8-27)52-20-22-53(23-21-52)30-13-16-32-34(24-30)43(60)55(42(32)59)38-18-19-39(56)51-40(38)57/h10,13-17,24-25,27,29,38,44-45H,7-8,11-12,18-23,26H2,1-4H3,(H,51,56,57). The number of carbonyl (C=O) groups excluding carboxylic acids is 5. The Labute approximate surface area is 360 Å². The van der Waals surface area contributed by atoms with Gasteiger partial charge in [0.2, 0.25) is 17.5 Å². The van der Waals surface area contributed by atoms with E-state index in [1.54, 1.807) is 30.3 Å². The molecule has 13 nitrogen and oxygen atoms in total. The van der Waals surface area contributed by atoms with Gasteiger partial charge in [-0.25, -0.2) is 9.83 Å². The van der Waals surface area contributed by atoms with Crippen LogP contribution in [0.4, 0.5) is 11.4 Å². The largest absolute Gasteiger partial charge is 0.489 e. The highest BCUT2D eigenvalue weighted by molar-refractivity contribution is 6.33. The number of halogens is 1. The van der Waals surface area contributed by atoms with Gasteiger partial charge in [-0.3, -0.25) is 39.1 Å². The number of pyridine rings is 1. The number of ether oxygens (including phenoxy) is 1. The average Bonchev–Trinajstić information content (AvgIpc) is 3.68. The zero-order valence-corrected chi connectivity index (χ0v) is 35.6. The molecule has 9 rings (SSSR count). The third kappa shape index (κ3) is 7.02. The number of benzene rings is 2. The number of nitrogens with zero attached hydrogens (tertiary/aromatic N) is 6. The van der Waals surface area contributed by atoms with Crippen molar-refractivity contribution < 1.29 is 28.7 Å². The van der Waals surface area contributed by atoms with Gasteiger partial charge in [0.25, 0.3) is 17.7 Å². The number of hydrogen-bond acceptors (Lipinski definition) is 9. The Kier molecular flexibility index (Phi) is 10.2. The minimum Gasteiger partial charge on any atom is -0.489 e. The second-order valence-electron chi connectivity index (χ2n) is 18.4. The fourth-order valence-corrected chi connectivity index (χ4v) is 11.5. The van der Waals surface area contributed by atoms with E-state index in [9.17, 15) is 24.0 Å². The van der Waals surface area contributed by atoms with E-state index in [0.717, 1.165) is 68.1 Å². The van der Waals surface area contributed by atoms with E-state index in [0.29, 0.717) is 45.9 Å². The summed E-state index contributed by atoms with van der Waals surface area (Å²) < 4.78 is 6.48. The molecule has 1 N–H and O–H groups in total. The SMILES string of the molecule is [C-]#[N+]c1ccc(OC2C(C)(C)C(N3Cc4nc(C#CC5CCC(N6CCN(c7ccc8c(c7)C(=O)N(C7CCC(=O)NC7=O)C8=O)CC6)CC5)ccc4C3=O)C2(C)C)cc1Cl. The summed E-state index contributed by atoms with van der Waals surface area (Å²) >= 11 is 6.30. The minimum atomic E-state index is -0.980. The van der Waals surface area contributed by atoms with Gasteiger partial charge in [0.05, 0.1) is 40.5 Å². The van der Waals surface area contributed by atoms with Crippen molar-refractivity contribution in [1.29, 1.82) is 0 Å². The quantitative estimate of drug-likeness (QED) is 0.173. The number of carbonyl (C=O) groups is 5. The van der Waals surface area contributed by atoms with Gasteiger partial charge in [0.1, 0.15) is 23.6 Å². The maximum atomic E-state index is 13.8. The fraction of sp³-hybridized carbons (Fsp3) is 0.468. The Bertz CT molecular complexity index is 2470. The first-order valence-electron chi connectivity index (χ1n) is 21.2. The predicted molar refractivity (Wildman–Crippen MR) is 227 cm³/mol. The molecule has 0 radical (unpaired) electrons. The first-order chi connectivity index (χ1) is 29.1. The van der Waals surface area contributed by atoms with E-state index in [-0.39, 0.29) is 53.2 Å². The molecule has 2 aromatic carbocycles. The molecule has 5 amide bonds. The smallest absolute Gasteiger partial charge is 0.262 e. The Morgan fingerprint density at radius 3 is 2.23 bits per heavy atom. The van der Waals surface area contributed by atoms with Crippen LogP contribution in [0.15, 0.2) is 48.5 Å². The van der Waals surface area contributed by atoms with Crippen LogP contribution in [-0.4, -0.2) is 99.6 Å². The summed E-state index contributed by atoms with van der Waals surface area (Å²) in [6.45, 7) is 19.6. The Balaban J connectivity index is 0.770. The van der Waals surface area contributed by atoms with Gasteiger partial charge in [0, 0.05) is 67.1 Å². The van der Waals surface area contributed by atoms with Crippen LogP contribution in [0.1, 0.15) is 109 Å². The molecule has 0 spiro atoms. The predicted octanol–water partition coefficient (Wildman–Crippen LogP) is 6.26.